The minimum Gasteiger partial charge on any atom is -0.491 e. The summed E-state index contributed by atoms with van der Waals surface area (Å²) in [5.74, 6) is 0.646. The Bertz CT molecular complexity index is 796. The highest BCUT2D eigenvalue weighted by molar-refractivity contribution is 7.91. The predicted molar refractivity (Wildman–Crippen MR) is 92.3 cm³/mol. The van der Waals surface area contributed by atoms with Crippen LogP contribution in [0.1, 0.15) is 26.3 Å². The van der Waals surface area contributed by atoms with Gasteiger partial charge in [0.05, 0.1) is 16.4 Å². The fraction of sp³-hybridized carbons (Fsp3) is 0.368. The fourth-order valence-electron chi connectivity index (χ4n) is 2.34. The van der Waals surface area contributed by atoms with Gasteiger partial charge in [0.25, 0.3) is 0 Å². The van der Waals surface area contributed by atoms with Gasteiger partial charge in [0.2, 0.25) is 9.84 Å². The highest BCUT2D eigenvalue weighted by atomic mass is 32.2. The van der Waals surface area contributed by atoms with Crippen LogP contribution >= 0.6 is 0 Å². The average molecular weight is 346 g/mol. The van der Waals surface area contributed by atoms with Crippen LogP contribution in [0.3, 0.4) is 0 Å². The monoisotopic (exact) mass is 346 g/mol. The van der Waals surface area contributed by atoms with Crippen LogP contribution in [0.15, 0.2) is 58.3 Å². The smallest absolute Gasteiger partial charge is 0.206 e. The van der Waals surface area contributed by atoms with Gasteiger partial charge in [-0.2, -0.15) is 0 Å². The molecule has 0 aromatic heterocycles. The standard InChI is InChI=1S/C19H22O4S/c1-19(2,3)14-4-8-17(9-5-14)24(20,21)18-10-6-15(7-11-18)22-12-16-13-23-16/h4-11,16H,12-13H2,1-3H3. The van der Waals surface area contributed by atoms with Gasteiger partial charge in [0, 0.05) is 0 Å². The van der Waals surface area contributed by atoms with E-state index in [-0.39, 0.29) is 16.4 Å². The van der Waals surface area contributed by atoms with E-state index in [0.717, 1.165) is 12.2 Å². The molecular formula is C19H22O4S. The zero-order chi connectivity index (χ0) is 17.4. The number of rotatable bonds is 5. The molecule has 3 rings (SSSR count). The van der Waals surface area contributed by atoms with Gasteiger partial charge in [-0.15, -0.1) is 0 Å². The van der Waals surface area contributed by atoms with Gasteiger partial charge in [-0.25, -0.2) is 8.42 Å². The maximum absolute atomic E-state index is 12.7. The van der Waals surface area contributed by atoms with Crippen LogP contribution < -0.4 is 4.74 Å². The lowest BCUT2D eigenvalue weighted by atomic mass is 9.87. The van der Waals surface area contributed by atoms with Crippen molar-refractivity contribution in [2.24, 2.45) is 0 Å². The maximum atomic E-state index is 12.7. The molecule has 2 aromatic carbocycles. The molecule has 2 aromatic rings. The Morgan fingerprint density at radius 1 is 1.00 bits per heavy atom. The van der Waals surface area contributed by atoms with E-state index in [1.807, 2.05) is 12.1 Å². The molecule has 1 unspecified atom stereocenters. The van der Waals surface area contributed by atoms with Crippen LogP contribution in [0.2, 0.25) is 0 Å². The molecule has 0 N–H and O–H groups in total. The normalized spacial score (nSPS) is 17.5. The Morgan fingerprint density at radius 3 is 1.96 bits per heavy atom. The van der Waals surface area contributed by atoms with E-state index in [4.69, 9.17) is 9.47 Å². The van der Waals surface area contributed by atoms with E-state index in [9.17, 15) is 8.42 Å². The summed E-state index contributed by atoms with van der Waals surface area (Å²) in [5.41, 5.74) is 1.10. The summed E-state index contributed by atoms with van der Waals surface area (Å²) in [4.78, 5) is 0.566. The number of hydrogen-bond acceptors (Lipinski definition) is 4. The third-order valence-corrected chi connectivity index (χ3v) is 5.79. The first-order valence-electron chi connectivity index (χ1n) is 7.97. The number of ether oxygens (including phenoxy) is 2. The summed E-state index contributed by atoms with van der Waals surface area (Å²) in [5, 5.41) is 0. The molecule has 4 nitrogen and oxygen atoms in total. The van der Waals surface area contributed by atoms with Crippen molar-refractivity contribution in [3.05, 3.63) is 54.1 Å². The molecule has 0 radical (unpaired) electrons. The summed E-state index contributed by atoms with van der Waals surface area (Å²) in [7, 11) is -3.52. The number of sulfone groups is 1. The first-order valence-corrected chi connectivity index (χ1v) is 9.45. The second-order valence-electron chi connectivity index (χ2n) is 7.02. The third kappa shape index (κ3) is 3.79. The number of hydrogen-bond donors (Lipinski definition) is 0. The van der Waals surface area contributed by atoms with Crippen molar-refractivity contribution < 1.29 is 17.9 Å². The average Bonchev–Trinajstić information content (AvgIpc) is 3.37. The molecule has 1 aliphatic rings. The van der Waals surface area contributed by atoms with Crippen molar-refractivity contribution >= 4 is 9.84 Å². The van der Waals surface area contributed by atoms with Crippen molar-refractivity contribution in [3.8, 4) is 5.75 Å². The Hall–Kier alpha value is -1.85. The zero-order valence-electron chi connectivity index (χ0n) is 14.2. The van der Waals surface area contributed by atoms with Crippen molar-refractivity contribution in [2.75, 3.05) is 13.2 Å². The van der Waals surface area contributed by atoms with E-state index in [1.54, 1.807) is 36.4 Å². The highest BCUT2D eigenvalue weighted by Crippen LogP contribution is 2.27. The first-order chi connectivity index (χ1) is 11.3. The van der Waals surface area contributed by atoms with Crippen LogP contribution in [0.4, 0.5) is 0 Å². The Morgan fingerprint density at radius 2 is 1.50 bits per heavy atom. The number of epoxide rings is 1. The Labute approximate surface area is 143 Å². The van der Waals surface area contributed by atoms with Crippen molar-refractivity contribution in [1.82, 2.24) is 0 Å². The largest absolute Gasteiger partial charge is 0.491 e. The van der Waals surface area contributed by atoms with Gasteiger partial charge < -0.3 is 9.47 Å². The molecule has 0 bridgehead atoms. The minimum absolute atomic E-state index is 0.00739. The van der Waals surface area contributed by atoms with E-state index in [2.05, 4.69) is 20.8 Å². The van der Waals surface area contributed by atoms with Crippen LogP contribution in [-0.2, 0) is 20.0 Å². The lowest BCUT2D eigenvalue weighted by Gasteiger charge is -2.19. The van der Waals surface area contributed by atoms with Gasteiger partial charge in [-0.05, 0) is 47.4 Å². The highest BCUT2D eigenvalue weighted by Gasteiger charge is 2.23. The molecule has 1 atom stereocenters. The van der Waals surface area contributed by atoms with Crippen molar-refractivity contribution in [2.45, 2.75) is 42.1 Å². The molecule has 0 saturated carbocycles. The van der Waals surface area contributed by atoms with E-state index in [0.29, 0.717) is 17.3 Å². The van der Waals surface area contributed by atoms with E-state index in [1.165, 1.54) is 0 Å². The Balaban J connectivity index is 1.78. The second kappa shape index (κ2) is 6.22. The Kier molecular flexibility index (Phi) is 4.40. The first kappa shape index (κ1) is 17.0. The topological polar surface area (TPSA) is 55.9 Å². The fourth-order valence-corrected chi connectivity index (χ4v) is 3.60. The third-order valence-electron chi connectivity index (χ3n) is 4.00. The summed E-state index contributed by atoms with van der Waals surface area (Å²) in [6.07, 6.45) is 0.176. The zero-order valence-corrected chi connectivity index (χ0v) is 15.0. The lowest BCUT2D eigenvalue weighted by Crippen LogP contribution is -2.11. The van der Waals surface area contributed by atoms with E-state index >= 15 is 0 Å². The summed E-state index contributed by atoms with van der Waals surface area (Å²) in [6.45, 7) is 7.53. The molecule has 0 amide bonds. The molecule has 1 saturated heterocycles. The molecule has 24 heavy (non-hydrogen) atoms. The predicted octanol–water partition coefficient (Wildman–Crippen LogP) is 3.59. The van der Waals surface area contributed by atoms with Gasteiger partial charge in [-0.3, -0.25) is 0 Å². The second-order valence-corrected chi connectivity index (χ2v) is 8.97. The molecule has 1 heterocycles. The van der Waals surface area contributed by atoms with Crippen LogP contribution in [0, 0.1) is 0 Å². The van der Waals surface area contributed by atoms with Crippen molar-refractivity contribution in [3.63, 3.8) is 0 Å². The van der Waals surface area contributed by atoms with Gasteiger partial charge in [-0.1, -0.05) is 32.9 Å². The SMILES string of the molecule is CC(C)(C)c1ccc(S(=O)(=O)c2ccc(OCC3CO3)cc2)cc1. The molecule has 0 aliphatic carbocycles. The van der Waals surface area contributed by atoms with Gasteiger partial charge in [0.1, 0.15) is 18.5 Å². The van der Waals surface area contributed by atoms with Crippen molar-refractivity contribution in [1.29, 1.82) is 0 Å². The molecule has 1 aliphatic heterocycles. The summed E-state index contributed by atoms with van der Waals surface area (Å²) in [6, 6.07) is 13.6. The van der Waals surface area contributed by atoms with Crippen LogP contribution in [0.5, 0.6) is 5.75 Å². The molecular weight excluding hydrogens is 324 g/mol. The van der Waals surface area contributed by atoms with Gasteiger partial charge in [0.15, 0.2) is 0 Å². The van der Waals surface area contributed by atoms with Crippen LogP contribution in [-0.4, -0.2) is 27.7 Å². The van der Waals surface area contributed by atoms with Crippen LogP contribution in [0.25, 0.3) is 0 Å². The quantitative estimate of drug-likeness (QED) is 0.776. The van der Waals surface area contributed by atoms with E-state index < -0.39 is 9.84 Å². The maximum Gasteiger partial charge on any atom is 0.206 e. The lowest BCUT2D eigenvalue weighted by molar-refractivity contribution is 0.263. The van der Waals surface area contributed by atoms with Gasteiger partial charge >= 0.3 is 0 Å². The summed E-state index contributed by atoms with van der Waals surface area (Å²) < 4.78 is 36.1. The summed E-state index contributed by atoms with van der Waals surface area (Å²) >= 11 is 0. The minimum atomic E-state index is -3.52. The molecule has 0 spiro atoms. The number of benzene rings is 2. The molecule has 5 heteroatoms. The molecule has 128 valence electrons. The molecule has 1 fully saturated rings.